The molecule has 41 heavy (non-hydrogen) atoms. The number of Topliss-reactive ketones (excluding diaryl/α,β-unsaturated/α-hetero) is 1. The average Bonchev–Trinajstić information content (AvgIpc) is 3.22. The Hall–Kier alpha value is -3.48. The minimum absolute atomic E-state index is 0.0234. The molecule has 1 heterocycles. The number of likely N-dealkylation sites (tertiary alicyclic amines) is 1. The Kier molecular flexibility index (Phi) is 13.1. The van der Waals surface area contributed by atoms with E-state index in [1.807, 2.05) is 19.1 Å². The molecule has 3 rings (SSSR count). The molecule has 1 fully saturated rings. The van der Waals surface area contributed by atoms with E-state index in [0.29, 0.717) is 17.7 Å². The van der Waals surface area contributed by atoms with E-state index in [0.717, 1.165) is 31.2 Å². The maximum absolute atomic E-state index is 13.2. The van der Waals surface area contributed by atoms with Gasteiger partial charge in [0.1, 0.15) is 5.76 Å². The Balaban J connectivity index is 1.59. The predicted octanol–water partition coefficient (Wildman–Crippen LogP) is 8.81. The minimum atomic E-state index is -0.877. The summed E-state index contributed by atoms with van der Waals surface area (Å²) in [5.74, 6) is -1.70. The summed E-state index contributed by atoms with van der Waals surface area (Å²) in [6, 6.07) is 12.2. The molecule has 7 heteroatoms. The number of nitrogens with zero attached hydrogens (tertiary/aromatic N) is 2. The van der Waals surface area contributed by atoms with Crippen molar-refractivity contribution in [3.8, 4) is 0 Å². The van der Waals surface area contributed by atoms with Crippen molar-refractivity contribution in [2.45, 2.75) is 110 Å². The maximum Gasteiger partial charge on any atom is 0.295 e. The number of hydrogen-bond acceptors (Lipinski definition) is 5. The Morgan fingerprint density at radius 3 is 1.90 bits per heavy atom. The van der Waals surface area contributed by atoms with Gasteiger partial charge in [-0.1, -0.05) is 132 Å². The zero-order valence-electron chi connectivity index (χ0n) is 24.8. The molecule has 1 saturated heterocycles. The van der Waals surface area contributed by atoms with Crippen LogP contribution in [0, 0.1) is 17.0 Å². The van der Waals surface area contributed by atoms with Gasteiger partial charge in [0.25, 0.3) is 17.4 Å². The van der Waals surface area contributed by atoms with Gasteiger partial charge in [-0.05, 0) is 18.9 Å². The average molecular weight is 563 g/mol. The molecule has 1 aliphatic heterocycles. The molecule has 1 amide bonds. The number of rotatable bonds is 18. The number of nitro groups is 1. The summed E-state index contributed by atoms with van der Waals surface area (Å²) in [5, 5.41) is 22.6. The summed E-state index contributed by atoms with van der Waals surface area (Å²) < 4.78 is 0. The fourth-order valence-electron chi connectivity index (χ4n) is 5.61. The zero-order chi connectivity index (χ0) is 29.6. The Labute approximate surface area is 244 Å². The Morgan fingerprint density at radius 2 is 1.37 bits per heavy atom. The standard InChI is InChI=1S/C34H46N2O5/c1-3-4-5-6-7-8-9-10-11-12-13-14-15-16-24-35-31(28-18-17-19-29(25-28)36(40)41)30(33(38)34(35)39)32(37)27-22-20-26(2)21-23-27/h17-23,25,31,37H,3-16,24H2,1-2H3/b32-30+/t31-/m1/s1. The number of aliphatic hydroxyl groups excluding tert-OH is 1. The highest BCUT2D eigenvalue weighted by atomic mass is 16.6. The number of ketones is 1. The molecule has 1 N–H and O–H groups in total. The molecule has 0 unspecified atom stereocenters. The third-order valence-corrected chi connectivity index (χ3v) is 8.01. The first-order chi connectivity index (χ1) is 19.8. The summed E-state index contributed by atoms with van der Waals surface area (Å²) in [4.78, 5) is 38.8. The highest BCUT2D eigenvalue weighted by molar-refractivity contribution is 6.46. The van der Waals surface area contributed by atoms with Crippen LogP contribution in [0.4, 0.5) is 5.69 Å². The van der Waals surface area contributed by atoms with Crippen LogP contribution in [-0.4, -0.2) is 33.2 Å². The summed E-state index contributed by atoms with van der Waals surface area (Å²) in [5.41, 5.74) is 1.72. The van der Waals surface area contributed by atoms with Crippen LogP contribution < -0.4 is 0 Å². The van der Waals surface area contributed by atoms with E-state index in [4.69, 9.17) is 0 Å². The van der Waals surface area contributed by atoms with Gasteiger partial charge in [0.15, 0.2) is 0 Å². The molecule has 2 aromatic rings. The molecule has 0 spiro atoms. The third kappa shape index (κ3) is 9.27. The van der Waals surface area contributed by atoms with Crippen molar-refractivity contribution in [2.75, 3.05) is 6.54 Å². The molecule has 0 saturated carbocycles. The van der Waals surface area contributed by atoms with Crippen molar-refractivity contribution in [1.29, 1.82) is 0 Å². The lowest BCUT2D eigenvalue weighted by Gasteiger charge is -2.25. The molecule has 0 radical (unpaired) electrons. The number of unbranched alkanes of at least 4 members (excludes halogenated alkanes) is 13. The van der Waals surface area contributed by atoms with Gasteiger partial charge < -0.3 is 10.0 Å². The van der Waals surface area contributed by atoms with Crippen molar-refractivity contribution in [3.63, 3.8) is 0 Å². The number of hydrogen-bond donors (Lipinski definition) is 1. The zero-order valence-corrected chi connectivity index (χ0v) is 24.8. The second-order valence-electron chi connectivity index (χ2n) is 11.3. The predicted molar refractivity (Wildman–Crippen MR) is 164 cm³/mol. The maximum atomic E-state index is 13.2. The van der Waals surface area contributed by atoms with E-state index in [2.05, 4.69) is 6.92 Å². The topological polar surface area (TPSA) is 101 Å². The third-order valence-electron chi connectivity index (χ3n) is 8.01. The van der Waals surface area contributed by atoms with Crippen LogP contribution in [0.5, 0.6) is 0 Å². The summed E-state index contributed by atoms with van der Waals surface area (Å²) in [6.45, 7) is 4.51. The van der Waals surface area contributed by atoms with Crippen LogP contribution in [0.25, 0.3) is 5.76 Å². The normalized spacial score (nSPS) is 16.4. The van der Waals surface area contributed by atoms with Crippen LogP contribution >= 0.6 is 0 Å². The van der Waals surface area contributed by atoms with E-state index in [9.17, 15) is 24.8 Å². The van der Waals surface area contributed by atoms with Gasteiger partial charge in [-0.2, -0.15) is 0 Å². The molecule has 0 aliphatic carbocycles. The van der Waals surface area contributed by atoms with Gasteiger partial charge in [0, 0.05) is 24.2 Å². The van der Waals surface area contributed by atoms with Crippen molar-refractivity contribution >= 4 is 23.1 Å². The quantitative estimate of drug-likeness (QED) is 0.0488. The Morgan fingerprint density at radius 1 is 0.829 bits per heavy atom. The highest BCUT2D eigenvalue weighted by Gasteiger charge is 2.46. The van der Waals surface area contributed by atoms with E-state index in [-0.39, 0.29) is 17.0 Å². The largest absolute Gasteiger partial charge is 0.507 e. The van der Waals surface area contributed by atoms with Crippen molar-refractivity contribution in [1.82, 2.24) is 4.90 Å². The molecule has 7 nitrogen and oxygen atoms in total. The first kappa shape index (κ1) is 32.0. The lowest BCUT2D eigenvalue weighted by Crippen LogP contribution is -2.30. The summed E-state index contributed by atoms with van der Waals surface area (Å²) in [6.07, 6.45) is 17.0. The van der Waals surface area contributed by atoms with E-state index in [1.165, 1.54) is 81.2 Å². The number of benzene rings is 2. The fraction of sp³-hybridized carbons (Fsp3) is 0.529. The van der Waals surface area contributed by atoms with Crippen LogP contribution in [0.3, 0.4) is 0 Å². The molecule has 0 bridgehead atoms. The molecule has 1 atom stereocenters. The van der Waals surface area contributed by atoms with Gasteiger partial charge >= 0.3 is 0 Å². The molecule has 222 valence electrons. The van der Waals surface area contributed by atoms with Crippen molar-refractivity contribution in [3.05, 3.63) is 80.9 Å². The van der Waals surface area contributed by atoms with Gasteiger partial charge in [0.05, 0.1) is 16.5 Å². The number of nitro benzene ring substituents is 1. The van der Waals surface area contributed by atoms with Gasteiger partial charge in [-0.3, -0.25) is 19.7 Å². The van der Waals surface area contributed by atoms with Crippen LogP contribution in [0.1, 0.15) is 120 Å². The number of carbonyl (C=O) groups excluding carboxylic acids is 2. The summed E-state index contributed by atoms with van der Waals surface area (Å²) >= 11 is 0. The van der Waals surface area contributed by atoms with Gasteiger partial charge in [0.2, 0.25) is 0 Å². The van der Waals surface area contributed by atoms with Crippen molar-refractivity contribution in [2.24, 2.45) is 0 Å². The lowest BCUT2D eigenvalue weighted by atomic mass is 9.94. The van der Waals surface area contributed by atoms with Crippen LogP contribution in [0.2, 0.25) is 0 Å². The van der Waals surface area contributed by atoms with Crippen LogP contribution in [0.15, 0.2) is 54.1 Å². The number of non-ortho nitro benzene ring substituents is 1. The van der Waals surface area contributed by atoms with E-state index < -0.39 is 22.7 Å². The van der Waals surface area contributed by atoms with Crippen molar-refractivity contribution < 1.29 is 19.6 Å². The molecule has 0 aromatic heterocycles. The smallest absolute Gasteiger partial charge is 0.295 e. The minimum Gasteiger partial charge on any atom is -0.507 e. The number of aryl methyl sites for hydroxylation is 1. The number of carbonyl (C=O) groups is 2. The molecule has 2 aromatic carbocycles. The van der Waals surface area contributed by atoms with E-state index in [1.54, 1.807) is 24.3 Å². The number of amides is 1. The second-order valence-corrected chi connectivity index (χ2v) is 11.3. The Bertz CT molecular complexity index is 1190. The first-order valence-corrected chi connectivity index (χ1v) is 15.4. The van der Waals surface area contributed by atoms with Crippen LogP contribution in [-0.2, 0) is 9.59 Å². The molecule has 1 aliphatic rings. The van der Waals surface area contributed by atoms with Gasteiger partial charge in [-0.15, -0.1) is 0 Å². The monoisotopic (exact) mass is 562 g/mol. The van der Waals surface area contributed by atoms with Gasteiger partial charge in [-0.25, -0.2) is 0 Å². The molecular formula is C34H46N2O5. The first-order valence-electron chi connectivity index (χ1n) is 15.4. The summed E-state index contributed by atoms with van der Waals surface area (Å²) in [7, 11) is 0. The number of aliphatic hydroxyl groups is 1. The van der Waals surface area contributed by atoms with E-state index >= 15 is 0 Å². The fourth-order valence-corrected chi connectivity index (χ4v) is 5.61. The molecular weight excluding hydrogens is 516 g/mol. The lowest BCUT2D eigenvalue weighted by molar-refractivity contribution is -0.384. The SMILES string of the molecule is CCCCCCCCCCCCCCCCN1C(=O)C(=O)/C(=C(/O)c2ccc(C)cc2)[C@H]1c1cccc([N+](=O)[O-])c1. The highest BCUT2D eigenvalue weighted by Crippen LogP contribution is 2.40. The second kappa shape index (κ2) is 16.7.